The van der Waals surface area contributed by atoms with Gasteiger partial charge in [0.1, 0.15) is 46.6 Å². The molecule has 0 saturated carbocycles. The summed E-state index contributed by atoms with van der Waals surface area (Å²) in [6, 6.07) is 53.0. The summed E-state index contributed by atoms with van der Waals surface area (Å²) in [5.41, 5.74) is 34.7. The van der Waals surface area contributed by atoms with Crippen LogP contribution in [0.5, 0.6) is 23.1 Å². The van der Waals surface area contributed by atoms with E-state index in [4.69, 9.17) is 74.3 Å². The minimum absolute atomic E-state index is 0.0221. The van der Waals surface area contributed by atoms with Gasteiger partial charge in [-0.1, -0.05) is 54.6 Å². The van der Waals surface area contributed by atoms with Gasteiger partial charge in [-0.3, -0.25) is 19.7 Å². The van der Waals surface area contributed by atoms with Gasteiger partial charge in [0.05, 0.1) is 34.6 Å². The molecule has 1 atom stereocenters. The molecule has 0 fully saturated rings. The highest BCUT2D eigenvalue weighted by Gasteiger charge is 2.26. The average Bonchev–Trinajstić information content (AvgIpc) is 1.66. The Morgan fingerprint density at radius 2 is 0.783 bits per heavy atom. The summed E-state index contributed by atoms with van der Waals surface area (Å²) in [7, 11) is 7.54. The molecule has 4 aromatic carbocycles. The van der Waals surface area contributed by atoms with Crippen molar-refractivity contribution in [2.45, 2.75) is 13.0 Å². The SMILES string of the molecule is COCC(=O)N[C@@H](C)CNc1nccc(-c2oc(-c3ccc(F)cc3)nc2-c2cnc(N)c(OC)c2)n1.COc1cc(-c2nc(-c3ccccc3)oc2-c2ccncc2)cnc1N.COc1cc(-c2oc(-c3ccccc3)nc2-c2ccncc2)cnc1N.COc1nc(-c2oc(-c3ccccc3)nc2-c2ccncc2)cnc1N. The zero-order valence-corrected chi connectivity index (χ0v) is 62.6. The third-order valence-corrected chi connectivity index (χ3v) is 17.0. The quantitative estimate of drug-likeness (QED) is 0.0367. The Morgan fingerprint density at radius 1 is 0.391 bits per heavy atom. The van der Waals surface area contributed by atoms with Crippen molar-refractivity contribution in [1.29, 1.82) is 0 Å². The van der Waals surface area contributed by atoms with Crippen LogP contribution in [0, 0.1) is 5.82 Å². The number of nitrogens with one attached hydrogen (secondary N) is 2. The average molecular weight is 1540 g/mol. The van der Waals surface area contributed by atoms with E-state index in [1.807, 2.05) is 134 Å². The first-order chi connectivity index (χ1) is 56.1. The molecular formula is C84H73FN20O10. The number of carbonyl (C=O) groups is 1. The topological polar surface area (TPSA) is 424 Å². The number of nitrogen functional groups attached to an aromatic ring is 4. The second-order valence-electron chi connectivity index (χ2n) is 24.7. The molecule has 0 spiro atoms. The molecular weight excluding hydrogens is 1470 g/mol. The summed E-state index contributed by atoms with van der Waals surface area (Å²) in [6.07, 6.45) is 18.2. The fourth-order valence-corrected chi connectivity index (χ4v) is 11.3. The van der Waals surface area contributed by atoms with Crippen LogP contribution in [0.2, 0.25) is 0 Å². The molecule has 0 aliphatic carbocycles. The number of anilines is 5. The fourth-order valence-electron chi connectivity index (χ4n) is 11.3. The molecule has 16 rings (SSSR count). The van der Waals surface area contributed by atoms with Gasteiger partial charge >= 0.3 is 0 Å². The van der Waals surface area contributed by atoms with Crippen LogP contribution in [0.15, 0.2) is 262 Å². The maximum Gasteiger partial charge on any atom is 0.257 e. The van der Waals surface area contributed by atoms with Crippen molar-refractivity contribution in [3.05, 3.63) is 250 Å². The summed E-state index contributed by atoms with van der Waals surface area (Å²) in [5.74, 6) is 6.31. The molecule has 31 heteroatoms. The minimum atomic E-state index is -0.373. The Hall–Kier alpha value is -15.7. The van der Waals surface area contributed by atoms with Crippen molar-refractivity contribution in [2.24, 2.45) is 0 Å². The summed E-state index contributed by atoms with van der Waals surface area (Å²) in [4.78, 5) is 72.6. The molecule has 30 nitrogen and oxygen atoms in total. The van der Waals surface area contributed by atoms with Gasteiger partial charge in [-0.05, 0) is 128 Å². The van der Waals surface area contributed by atoms with Crippen molar-refractivity contribution < 1.29 is 50.5 Å². The highest BCUT2D eigenvalue weighted by molar-refractivity contribution is 5.84. The number of amides is 1. The Labute approximate surface area is 657 Å². The van der Waals surface area contributed by atoms with E-state index in [0.717, 1.165) is 44.5 Å². The molecule has 10 N–H and O–H groups in total. The first-order valence-corrected chi connectivity index (χ1v) is 35.2. The van der Waals surface area contributed by atoms with Gasteiger partial charge < -0.3 is 74.9 Å². The van der Waals surface area contributed by atoms with Crippen LogP contribution >= 0.6 is 0 Å². The van der Waals surface area contributed by atoms with E-state index in [1.54, 1.807) is 113 Å². The predicted octanol–water partition coefficient (Wildman–Crippen LogP) is 14.7. The van der Waals surface area contributed by atoms with E-state index >= 15 is 0 Å². The molecule has 0 bridgehead atoms. The van der Waals surface area contributed by atoms with E-state index in [0.29, 0.717) is 127 Å². The number of halogens is 1. The highest BCUT2D eigenvalue weighted by Crippen LogP contribution is 2.42. The largest absolute Gasteiger partial charge is 0.493 e. The summed E-state index contributed by atoms with van der Waals surface area (Å²) in [6.45, 7) is 2.20. The normalized spacial score (nSPS) is 11.0. The third kappa shape index (κ3) is 18.8. The van der Waals surface area contributed by atoms with Crippen LogP contribution < -0.4 is 52.5 Å². The molecule has 16 aromatic rings. The minimum Gasteiger partial charge on any atom is -0.493 e. The van der Waals surface area contributed by atoms with Crippen molar-refractivity contribution in [2.75, 3.05) is 77.0 Å². The van der Waals surface area contributed by atoms with E-state index < -0.39 is 0 Å². The number of nitrogens with zero attached hydrogens (tertiary/aromatic N) is 14. The zero-order valence-electron chi connectivity index (χ0n) is 62.6. The first-order valence-electron chi connectivity index (χ1n) is 35.2. The lowest BCUT2D eigenvalue weighted by Crippen LogP contribution is -2.39. The Bertz CT molecular complexity index is 5510. The molecule has 0 aliphatic rings. The van der Waals surface area contributed by atoms with Crippen molar-refractivity contribution in [1.82, 2.24) is 75.1 Å². The lowest BCUT2D eigenvalue weighted by molar-refractivity contribution is -0.125. The van der Waals surface area contributed by atoms with Crippen LogP contribution in [-0.2, 0) is 9.53 Å². The predicted molar refractivity (Wildman–Crippen MR) is 431 cm³/mol. The molecule has 12 heterocycles. The zero-order chi connectivity index (χ0) is 80.2. The van der Waals surface area contributed by atoms with Crippen LogP contribution in [0.1, 0.15) is 6.92 Å². The third-order valence-electron chi connectivity index (χ3n) is 17.0. The molecule has 1 amide bonds. The van der Waals surface area contributed by atoms with E-state index in [9.17, 15) is 9.18 Å². The number of ether oxygens (including phenoxy) is 5. The number of aromatic nitrogens is 14. The second-order valence-corrected chi connectivity index (χ2v) is 24.7. The molecule has 0 aliphatic heterocycles. The van der Waals surface area contributed by atoms with E-state index in [-0.39, 0.29) is 47.8 Å². The van der Waals surface area contributed by atoms with Gasteiger partial charge in [0.2, 0.25) is 35.4 Å². The molecule has 12 aromatic heterocycles. The van der Waals surface area contributed by atoms with E-state index in [1.165, 1.54) is 39.7 Å². The van der Waals surface area contributed by atoms with Crippen LogP contribution in [0.4, 0.5) is 33.6 Å². The van der Waals surface area contributed by atoms with E-state index in [2.05, 4.69) is 70.4 Å². The number of hydrogen-bond donors (Lipinski definition) is 6. The molecule has 0 radical (unpaired) electrons. The van der Waals surface area contributed by atoms with Gasteiger partial charge in [0.15, 0.2) is 63.6 Å². The highest BCUT2D eigenvalue weighted by atomic mass is 19.1. The van der Waals surface area contributed by atoms with Gasteiger partial charge in [-0.15, -0.1) is 0 Å². The van der Waals surface area contributed by atoms with Crippen LogP contribution in [-0.4, -0.2) is 130 Å². The maximum absolute atomic E-state index is 13.5. The maximum atomic E-state index is 13.5. The number of rotatable bonds is 22. The Kier molecular flexibility index (Phi) is 24.7. The van der Waals surface area contributed by atoms with Gasteiger partial charge in [-0.2, -0.15) is 0 Å². The van der Waals surface area contributed by atoms with Gasteiger partial charge in [0.25, 0.3) is 5.88 Å². The number of benzene rings is 4. The molecule has 0 saturated heterocycles. The lowest BCUT2D eigenvalue weighted by Gasteiger charge is -2.14. The number of oxazole rings is 4. The smallest absolute Gasteiger partial charge is 0.257 e. The summed E-state index contributed by atoms with van der Waals surface area (Å²) < 4.78 is 63.8. The van der Waals surface area contributed by atoms with Crippen LogP contribution in [0.3, 0.4) is 0 Å². The first kappa shape index (κ1) is 77.5. The lowest BCUT2D eigenvalue weighted by atomic mass is 10.1. The number of pyridine rings is 6. The summed E-state index contributed by atoms with van der Waals surface area (Å²) >= 11 is 0. The number of methoxy groups -OCH3 is 5. The van der Waals surface area contributed by atoms with Crippen molar-refractivity contribution in [3.63, 3.8) is 0 Å². The molecule has 0 unspecified atom stereocenters. The van der Waals surface area contributed by atoms with Crippen molar-refractivity contribution in [3.8, 4) is 160 Å². The van der Waals surface area contributed by atoms with Gasteiger partial charge in [-0.25, -0.2) is 59.2 Å². The number of carbonyl (C=O) groups excluding carboxylic acids is 1. The monoisotopic (exact) mass is 1540 g/mol. The Morgan fingerprint density at radius 3 is 1.24 bits per heavy atom. The van der Waals surface area contributed by atoms with Gasteiger partial charge in [0, 0.05) is 137 Å². The van der Waals surface area contributed by atoms with Crippen LogP contribution in [0.25, 0.3) is 136 Å². The fraction of sp³-hybridized carbons (Fsp3) is 0.107. The second kappa shape index (κ2) is 36.7. The summed E-state index contributed by atoms with van der Waals surface area (Å²) in [5, 5.41) is 5.90. The Balaban J connectivity index is 0.000000135. The van der Waals surface area contributed by atoms with Crippen molar-refractivity contribution >= 4 is 35.1 Å². The number of nitrogens with two attached hydrogens (primary N) is 4. The molecule has 115 heavy (non-hydrogen) atoms. The standard InChI is InChI=1S/C25H26FN7O4.2C20H16N4O2.C19H15N5O2/c1-14(31-20(34)13-35-2)11-30-25-28-9-8-18(32-25)22-21(16-10-19(36-3)23(27)29-12-16)33-24(37-22)15-4-6-17(26)7-5-15;1-25-16-11-15(12-23-19(16)21)17-18(13-7-9-22-10-8-13)26-20(24-17)14-5-3-2-4-6-14;1-25-16-11-15(12-23-19(16)21)18-17(13-7-9-22-10-8-13)24-20(26-18)14-5-3-2-4-6-14;1-25-19-17(20)22-11-14(23-19)16-15(12-7-9-21-10-8-12)24-18(26-16)13-5-3-2-4-6-13/h4-10,12,14H,11,13H2,1-3H3,(H2,27,29)(H,31,34)(H,28,30,32);2*2-12H,1H3,(H2,21,23);2-11H,1H3,(H2,20,22)/t14-;;;/m0.../s1. The molecule has 576 valence electrons. The number of hydrogen-bond acceptors (Lipinski definition) is 29.